The molecule has 0 spiro atoms. The largest absolute Gasteiger partial charge is 0.478 e. The standard InChI is InChI=1S/C9H6Cl4O2/c1-2-3-4(9(14)15)6(11)8(13)7(12)5(3)10/h2H2,1H3,(H,14,15). The molecule has 1 rings (SSSR count). The minimum absolute atomic E-state index is 0.0297. The normalized spacial score (nSPS) is 10.5. The van der Waals surface area contributed by atoms with Gasteiger partial charge in [-0.1, -0.05) is 53.3 Å². The summed E-state index contributed by atoms with van der Waals surface area (Å²) >= 11 is 23.2. The molecule has 0 aliphatic carbocycles. The molecule has 82 valence electrons. The van der Waals surface area contributed by atoms with Gasteiger partial charge in [-0.2, -0.15) is 0 Å². The van der Waals surface area contributed by atoms with E-state index in [4.69, 9.17) is 51.5 Å². The van der Waals surface area contributed by atoms with Gasteiger partial charge in [0.05, 0.1) is 25.7 Å². The molecule has 0 unspecified atom stereocenters. The van der Waals surface area contributed by atoms with Gasteiger partial charge in [0.25, 0.3) is 0 Å². The van der Waals surface area contributed by atoms with E-state index in [-0.39, 0.29) is 25.7 Å². The molecule has 0 amide bonds. The summed E-state index contributed by atoms with van der Waals surface area (Å²) in [6.45, 7) is 1.76. The Morgan fingerprint density at radius 1 is 1.07 bits per heavy atom. The van der Waals surface area contributed by atoms with Crippen molar-refractivity contribution in [1.82, 2.24) is 0 Å². The number of rotatable bonds is 2. The first-order valence-corrected chi connectivity index (χ1v) is 5.51. The van der Waals surface area contributed by atoms with Gasteiger partial charge < -0.3 is 5.11 Å². The maximum atomic E-state index is 11.0. The number of hydrogen-bond acceptors (Lipinski definition) is 1. The van der Waals surface area contributed by atoms with Crippen molar-refractivity contribution in [2.24, 2.45) is 0 Å². The van der Waals surface area contributed by atoms with E-state index >= 15 is 0 Å². The first kappa shape index (κ1) is 12.9. The van der Waals surface area contributed by atoms with Crippen molar-refractivity contribution in [3.05, 3.63) is 31.2 Å². The van der Waals surface area contributed by atoms with Gasteiger partial charge in [-0.15, -0.1) is 0 Å². The molecule has 0 aliphatic rings. The third-order valence-electron chi connectivity index (χ3n) is 1.93. The Morgan fingerprint density at radius 3 is 1.93 bits per heavy atom. The summed E-state index contributed by atoms with van der Waals surface area (Å²) in [6, 6.07) is 0. The second-order valence-electron chi connectivity index (χ2n) is 2.77. The minimum atomic E-state index is -1.17. The summed E-state index contributed by atoms with van der Waals surface area (Å²) in [7, 11) is 0. The zero-order chi connectivity index (χ0) is 11.7. The lowest BCUT2D eigenvalue weighted by Crippen LogP contribution is -2.05. The minimum Gasteiger partial charge on any atom is -0.478 e. The number of benzene rings is 1. The third kappa shape index (κ3) is 2.18. The number of carboxylic acids is 1. The molecule has 6 heteroatoms. The van der Waals surface area contributed by atoms with Crippen molar-refractivity contribution >= 4 is 52.4 Å². The van der Waals surface area contributed by atoms with Crippen molar-refractivity contribution in [3.63, 3.8) is 0 Å². The molecule has 1 N–H and O–H groups in total. The Morgan fingerprint density at radius 2 is 1.53 bits per heavy atom. The molecular weight excluding hydrogens is 282 g/mol. The number of hydrogen-bond donors (Lipinski definition) is 1. The van der Waals surface area contributed by atoms with Gasteiger partial charge in [0, 0.05) is 0 Å². The van der Waals surface area contributed by atoms with Gasteiger partial charge in [-0.3, -0.25) is 0 Å². The highest BCUT2D eigenvalue weighted by molar-refractivity contribution is 6.53. The van der Waals surface area contributed by atoms with Crippen LogP contribution in [0.3, 0.4) is 0 Å². The molecule has 0 heterocycles. The molecule has 2 nitrogen and oxygen atoms in total. The second-order valence-corrected chi connectivity index (χ2v) is 4.28. The van der Waals surface area contributed by atoms with Crippen molar-refractivity contribution in [2.45, 2.75) is 13.3 Å². The summed E-state index contributed by atoms with van der Waals surface area (Å²) < 4.78 is 0. The average Bonchev–Trinajstić information content (AvgIpc) is 2.19. The van der Waals surface area contributed by atoms with Crippen LogP contribution in [0.1, 0.15) is 22.8 Å². The summed E-state index contributed by atoms with van der Waals surface area (Å²) in [6.07, 6.45) is 0.414. The van der Waals surface area contributed by atoms with Gasteiger partial charge in [-0.05, 0) is 12.0 Å². The van der Waals surface area contributed by atoms with Crippen LogP contribution in [-0.2, 0) is 6.42 Å². The molecular formula is C9H6Cl4O2. The van der Waals surface area contributed by atoms with Crippen LogP contribution in [0, 0.1) is 0 Å². The lowest BCUT2D eigenvalue weighted by molar-refractivity contribution is 0.0696. The van der Waals surface area contributed by atoms with Gasteiger partial charge in [0.1, 0.15) is 0 Å². The average molecular weight is 288 g/mol. The predicted molar refractivity (Wildman–Crippen MR) is 62.8 cm³/mol. The Bertz CT molecular complexity index is 429. The van der Waals surface area contributed by atoms with Crippen LogP contribution in [0.2, 0.25) is 20.1 Å². The van der Waals surface area contributed by atoms with Crippen LogP contribution < -0.4 is 0 Å². The highest BCUT2D eigenvalue weighted by Crippen LogP contribution is 2.41. The van der Waals surface area contributed by atoms with Crippen LogP contribution >= 0.6 is 46.4 Å². The Labute approximate surface area is 107 Å². The van der Waals surface area contributed by atoms with E-state index < -0.39 is 5.97 Å². The zero-order valence-electron chi connectivity index (χ0n) is 7.57. The molecule has 0 fully saturated rings. The van der Waals surface area contributed by atoms with Crippen molar-refractivity contribution in [3.8, 4) is 0 Å². The number of carboxylic acid groups (broad SMARTS) is 1. The SMILES string of the molecule is CCc1c(Cl)c(Cl)c(Cl)c(Cl)c1C(=O)O. The molecule has 0 aliphatic heterocycles. The van der Waals surface area contributed by atoms with Crippen LogP contribution in [0.5, 0.6) is 0 Å². The summed E-state index contributed by atoms with van der Waals surface area (Å²) in [5.74, 6) is -1.17. The maximum absolute atomic E-state index is 11.0. The van der Waals surface area contributed by atoms with E-state index in [1.54, 1.807) is 6.92 Å². The van der Waals surface area contributed by atoms with Gasteiger partial charge in [0.2, 0.25) is 0 Å². The fourth-order valence-corrected chi connectivity index (χ4v) is 2.34. The molecule has 0 radical (unpaired) electrons. The predicted octanol–water partition coefficient (Wildman–Crippen LogP) is 4.56. The van der Waals surface area contributed by atoms with E-state index in [0.717, 1.165) is 0 Å². The van der Waals surface area contributed by atoms with E-state index in [1.807, 2.05) is 0 Å². The summed E-state index contributed by atoms with van der Waals surface area (Å²) in [5, 5.41) is 9.10. The van der Waals surface area contributed by atoms with Crippen LogP contribution in [-0.4, -0.2) is 11.1 Å². The van der Waals surface area contributed by atoms with Gasteiger partial charge >= 0.3 is 5.97 Å². The highest BCUT2D eigenvalue weighted by Gasteiger charge is 2.23. The van der Waals surface area contributed by atoms with Crippen molar-refractivity contribution in [1.29, 1.82) is 0 Å². The van der Waals surface area contributed by atoms with Gasteiger partial charge in [-0.25, -0.2) is 4.79 Å². The number of carbonyl (C=O) groups is 1. The third-order valence-corrected chi connectivity index (χ3v) is 3.77. The molecule has 1 aromatic rings. The maximum Gasteiger partial charge on any atom is 0.337 e. The molecule has 0 saturated heterocycles. The Hall–Kier alpha value is -0.150. The van der Waals surface area contributed by atoms with E-state index in [0.29, 0.717) is 12.0 Å². The van der Waals surface area contributed by atoms with Crippen molar-refractivity contribution in [2.75, 3.05) is 0 Å². The highest BCUT2D eigenvalue weighted by atomic mass is 35.5. The van der Waals surface area contributed by atoms with Crippen LogP contribution in [0.15, 0.2) is 0 Å². The molecule has 0 saturated carbocycles. The summed E-state index contributed by atoms with van der Waals surface area (Å²) in [5.41, 5.74) is 0.308. The molecule has 1 aromatic carbocycles. The first-order valence-electron chi connectivity index (χ1n) is 3.99. The number of aromatic carboxylic acids is 1. The topological polar surface area (TPSA) is 37.3 Å². The lowest BCUT2D eigenvalue weighted by atomic mass is 10.1. The fraction of sp³-hybridized carbons (Fsp3) is 0.222. The molecule has 0 atom stereocenters. The monoisotopic (exact) mass is 286 g/mol. The quantitative estimate of drug-likeness (QED) is 0.639. The second kappa shape index (κ2) is 4.79. The van der Waals surface area contributed by atoms with Crippen molar-refractivity contribution < 1.29 is 9.90 Å². The Balaban J connectivity index is 3.70. The van der Waals surface area contributed by atoms with E-state index in [9.17, 15) is 4.79 Å². The Kier molecular flexibility index (Phi) is 4.13. The molecule has 0 aromatic heterocycles. The fourth-order valence-electron chi connectivity index (χ4n) is 1.23. The zero-order valence-corrected chi connectivity index (χ0v) is 10.6. The van der Waals surface area contributed by atoms with E-state index in [1.165, 1.54) is 0 Å². The molecule has 15 heavy (non-hydrogen) atoms. The smallest absolute Gasteiger partial charge is 0.337 e. The van der Waals surface area contributed by atoms with Crippen LogP contribution in [0.4, 0.5) is 0 Å². The van der Waals surface area contributed by atoms with E-state index in [2.05, 4.69) is 0 Å². The molecule has 0 bridgehead atoms. The van der Waals surface area contributed by atoms with Gasteiger partial charge in [0.15, 0.2) is 0 Å². The van der Waals surface area contributed by atoms with Crippen LogP contribution in [0.25, 0.3) is 0 Å². The summed E-state index contributed by atoms with van der Waals surface area (Å²) in [4.78, 5) is 11.0. The first-order chi connectivity index (χ1) is 6.91. The lowest BCUT2D eigenvalue weighted by Gasteiger charge is -2.11. The number of halogens is 4.